The fraction of sp³-hybridized carbons (Fsp3) is 0.111. The van der Waals surface area contributed by atoms with E-state index in [1.165, 1.54) is 120 Å². The first-order valence-corrected chi connectivity index (χ1v) is 19.6. The van der Waals surface area contributed by atoms with Gasteiger partial charge in [-0.25, -0.2) is 0 Å². The molecule has 0 aliphatic heterocycles. The molecule has 1 spiro atoms. The second kappa shape index (κ2) is 12.4. The van der Waals surface area contributed by atoms with E-state index in [1.54, 1.807) is 11.1 Å². The minimum Gasteiger partial charge on any atom is -0.0619 e. The summed E-state index contributed by atoms with van der Waals surface area (Å²) in [7, 11) is 0. The molecule has 9 aromatic rings. The summed E-state index contributed by atoms with van der Waals surface area (Å²) in [4.78, 5) is 0. The van der Waals surface area contributed by atoms with E-state index in [0.29, 0.717) is 0 Å². The first-order valence-electron chi connectivity index (χ1n) is 19.6. The number of fused-ring (bicyclic) bond motifs is 8. The first-order chi connectivity index (χ1) is 26.7. The lowest BCUT2D eigenvalue weighted by atomic mass is 9.67. The standard InChI is InChI=1S/C54H40/c1-10-30-54(31-11-1)50-25-9-8-20-44(50)45-29-28-41(35-51(45)54)39-17-12-16-38(32-39)40-18-13-19-42(34-40)52-46-21-4-6-23-48(46)53(49-24-7-5-22-47(49)52)43-27-26-36-14-2-3-15-37(36)33-43/h2-9,12-29,32-35H,1,10-11,30-31H2. The predicted molar refractivity (Wildman–Crippen MR) is 230 cm³/mol. The smallest absolute Gasteiger partial charge is 0.0215 e. The Morgan fingerprint density at radius 1 is 0.296 bits per heavy atom. The molecule has 0 unspecified atom stereocenters. The van der Waals surface area contributed by atoms with E-state index in [1.807, 2.05) is 0 Å². The molecule has 0 radical (unpaired) electrons. The lowest BCUT2D eigenvalue weighted by molar-refractivity contribution is 0.353. The van der Waals surface area contributed by atoms with E-state index < -0.39 is 0 Å². The Morgan fingerprint density at radius 2 is 0.778 bits per heavy atom. The summed E-state index contributed by atoms with van der Waals surface area (Å²) < 4.78 is 0. The van der Waals surface area contributed by atoms with Crippen LogP contribution in [0.3, 0.4) is 0 Å². The van der Waals surface area contributed by atoms with Crippen LogP contribution < -0.4 is 0 Å². The predicted octanol–water partition coefficient (Wildman–Crippen LogP) is 15.0. The Hall–Kier alpha value is -6.24. The molecule has 256 valence electrons. The van der Waals surface area contributed by atoms with Gasteiger partial charge in [-0.1, -0.05) is 177 Å². The van der Waals surface area contributed by atoms with Gasteiger partial charge in [0, 0.05) is 5.41 Å². The number of hydrogen-bond donors (Lipinski definition) is 0. The van der Waals surface area contributed by atoms with E-state index >= 15 is 0 Å². The molecule has 0 aromatic heterocycles. The van der Waals surface area contributed by atoms with Gasteiger partial charge in [-0.15, -0.1) is 0 Å². The minimum absolute atomic E-state index is 0.154. The van der Waals surface area contributed by atoms with Gasteiger partial charge in [-0.05, 0) is 136 Å². The molecular formula is C54H40. The van der Waals surface area contributed by atoms with Crippen molar-refractivity contribution in [2.75, 3.05) is 0 Å². The highest BCUT2D eigenvalue weighted by Crippen LogP contribution is 2.56. The Balaban J connectivity index is 1.03. The normalized spacial score (nSPS) is 14.4. The molecular weight excluding hydrogens is 649 g/mol. The maximum Gasteiger partial charge on any atom is 0.0215 e. The molecule has 0 N–H and O–H groups in total. The largest absolute Gasteiger partial charge is 0.0619 e. The van der Waals surface area contributed by atoms with Crippen LogP contribution in [0, 0.1) is 0 Å². The van der Waals surface area contributed by atoms with Crippen molar-refractivity contribution in [3.63, 3.8) is 0 Å². The van der Waals surface area contributed by atoms with Crippen LogP contribution in [0.15, 0.2) is 182 Å². The van der Waals surface area contributed by atoms with E-state index in [2.05, 4.69) is 182 Å². The van der Waals surface area contributed by atoms with Crippen molar-refractivity contribution in [3.8, 4) is 55.6 Å². The second-order valence-electron chi connectivity index (χ2n) is 15.5. The molecule has 0 saturated heterocycles. The monoisotopic (exact) mass is 688 g/mol. The third-order valence-corrected chi connectivity index (χ3v) is 12.6. The molecule has 0 atom stereocenters. The third kappa shape index (κ3) is 4.83. The molecule has 0 nitrogen and oxygen atoms in total. The maximum absolute atomic E-state index is 2.53. The van der Waals surface area contributed by atoms with E-state index in [0.717, 1.165) is 0 Å². The molecule has 9 aromatic carbocycles. The summed E-state index contributed by atoms with van der Waals surface area (Å²) in [5, 5.41) is 7.65. The molecule has 0 heteroatoms. The number of benzene rings is 9. The van der Waals surface area contributed by atoms with Crippen LogP contribution in [0.25, 0.3) is 88.0 Å². The van der Waals surface area contributed by atoms with Crippen LogP contribution in [0.1, 0.15) is 43.2 Å². The summed E-state index contributed by atoms with van der Waals surface area (Å²) >= 11 is 0. The van der Waals surface area contributed by atoms with Gasteiger partial charge >= 0.3 is 0 Å². The van der Waals surface area contributed by atoms with Crippen molar-refractivity contribution in [1.82, 2.24) is 0 Å². The summed E-state index contributed by atoms with van der Waals surface area (Å²) in [6.45, 7) is 0. The second-order valence-corrected chi connectivity index (χ2v) is 15.5. The van der Waals surface area contributed by atoms with Gasteiger partial charge < -0.3 is 0 Å². The molecule has 54 heavy (non-hydrogen) atoms. The van der Waals surface area contributed by atoms with Crippen molar-refractivity contribution in [2.24, 2.45) is 0 Å². The summed E-state index contributed by atoms with van der Waals surface area (Å²) in [5.74, 6) is 0. The SMILES string of the molecule is c1cc(-c2cccc(-c3c4ccccc4c(-c4ccc5ccccc5c4)c4ccccc34)c2)cc(-c2ccc3c(c2)C2(CCCCC2)c2ccccc2-3)c1. The van der Waals surface area contributed by atoms with Crippen molar-refractivity contribution >= 4 is 32.3 Å². The molecule has 1 fully saturated rings. The van der Waals surface area contributed by atoms with Crippen LogP contribution in [0.5, 0.6) is 0 Å². The minimum atomic E-state index is 0.154. The molecule has 2 aliphatic rings. The molecule has 0 amide bonds. The Labute approximate surface area is 317 Å². The highest BCUT2D eigenvalue weighted by Gasteiger charge is 2.43. The van der Waals surface area contributed by atoms with Gasteiger partial charge in [0.15, 0.2) is 0 Å². The molecule has 0 heterocycles. The Morgan fingerprint density at radius 3 is 1.44 bits per heavy atom. The summed E-state index contributed by atoms with van der Waals surface area (Å²) in [6, 6.07) is 68.4. The van der Waals surface area contributed by atoms with Gasteiger partial charge in [-0.3, -0.25) is 0 Å². The van der Waals surface area contributed by atoms with Crippen molar-refractivity contribution < 1.29 is 0 Å². The van der Waals surface area contributed by atoms with Crippen molar-refractivity contribution in [1.29, 1.82) is 0 Å². The lowest BCUT2D eigenvalue weighted by Crippen LogP contribution is -2.28. The van der Waals surface area contributed by atoms with Crippen LogP contribution in [-0.4, -0.2) is 0 Å². The van der Waals surface area contributed by atoms with Gasteiger partial charge in [0.2, 0.25) is 0 Å². The van der Waals surface area contributed by atoms with Gasteiger partial charge in [-0.2, -0.15) is 0 Å². The number of rotatable bonds is 4. The zero-order valence-corrected chi connectivity index (χ0v) is 30.4. The molecule has 2 aliphatic carbocycles. The number of hydrogen-bond acceptors (Lipinski definition) is 0. The highest BCUT2D eigenvalue weighted by atomic mass is 14.5. The zero-order chi connectivity index (χ0) is 35.6. The third-order valence-electron chi connectivity index (χ3n) is 12.6. The van der Waals surface area contributed by atoms with Crippen LogP contribution in [0.2, 0.25) is 0 Å². The van der Waals surface area contributed by atoms with E-state index in [-0.39, 0.29) is 5.41 Å². The topological polar surface area (TPSA) is 0 Å². The van der Waals surface area contributed by atoms with Crippen LogP contribution >= 0.6 is 0 Å². The molecule has 0 bridgehead atoms. The Kier molecular flexibility index (Phi) is 7.20. The average Bonchev–Trinajstić information content (AvgIpc) is 3.50. The lowest BCUT2D eigenvalue weighted by Gasteiger charge is -2.36. The van der Waals surface area contributed by atoms with Crippen LogP contribution in [-0.2, 0) is 5.41 Å². The molecule has 1 saturated carbocycles. The maximum atomic E-state index is 2.53. The Bertz CT molecular complexity index is 2860. The summed E-state index contributed by atoms with van der Waals surface area (Å²) in [5.41, 5.74) is 16.3. The van der Waals surface area contributed by atoms with Gasteiger partial charge in [0.25, 0.3) is 0 Å². The highest BCUT2D eigenvalue weighted by molar-refractivity contribution is 6.21. The van der Waals surface area contributed by atoms with Gasteiger partial charge in [0.05, 0.1) is 0 Å². The quantitative estimate of drug-likeness (QED) is 0.161. The zero-order valence-electron chi connectivity index (χ0n) is 30.4. The fourth-order valence-electron chi connectivity index (χ4n) is 10.2. The average molecular weight is 689 g/mol. The summed E-state index contributed by atoms with van der Waals surface area (Å²) in [6.07, 6.45) is 6.46. The van der Waals surface area contributed by atoms with Crippen LogP contribution in [0.4, 0.5) is 0 Å². The molecule has 11 rings (SSSR count). The van der Waals surface area contributed by atoms with Crippen molar-refractivity contribution in [3.05, 3.63) is 193 Å². The van der Waals surface area contributed by atoms with Gasteiger partial charge in [0.1, 0.15) is 0 Å². The van der Waals surface area contributed by atoms with E-state index in [4.69, 9.17) is 0 Å². The van der Waals surface area contributed by atoms with E-state index in [9.17, 15) is 0 Å². The fourth-order valence-corrected chi connectivity index (χ4v) is 10.2. The first kappa shape index (κ1) is 31.3. The van der Waals surface area contributed by atoms with Crippen molar-refractivity contribution in [2.45, 2.75) is 37.5 Å².